The SMILES string of the molecule is Cc1nnc(CN=C(NCCN2CCOCC2)NCc2ncc(C(C)(C)C)o2)n1C. The van der Waals surface area contributed by atoms with E-state index in [1.54, 1.807) is 6.20 Å². The molecule has 10 nitrogen and oxygen atoms in total. The van der Waals surface area contributed by atoms with Crippen LogP contribution < -0.4 is 10.6 Å². The molecule has 2 aromatic heterocycles. The summed E-state index contributed by atoms with van der Waals surface area (Å²) in [4.78, 5) is 11.4. The van der Waals surface area contributed by atoms with E-state index in [0.717, 1.165) is 56.8 Å². The summed E-state index contributed by atoms with van der Waals surface area (Å²) < 4.78 is 13.2. The number of oxazole rings is 1. The Bertz CT molecular complexity index is 830. The van der Waals surface area contributed by atoms with Gasteiger partial charge in [-0.3, -0.25) is 4.90 Å². The first-order chi connectivity index (χ1) is 14.3. The molecule has 166 valence electrons. The first-order valence-electron chi connectivity index (χ1n) is 10.5. The van der Waals surface area contributed by atoms with Crippen LogP contribution in [0.5, 0.6) is 0 Å². The average Bonchev–Trinajstić information content (AvgIpc) is 3.32. The highest BCUT2D eigenvalue weighted by atomic mass is 16.5. The van der Waals surface area contributed by atoms with Gasteiger partial charge in [-0.2, -0.15) is 0 Å². The fourth-order valence-electron chi connectivity index (χ4n) is 2.97. The van der Waals surface area contributed by atoms with E-state index in [4.69, 9.17) is 9.15 Å². The molecule has 0 aliphatic carbocycles. The second-order valence-electron chi connectivity index (χ2n) is 8.49. The Labute approximate surface area is 178 Å². The Morgan fingerprint density at radius 1 is 1.20 bits per heavy atom. The van der Waals surface area contributed by atoms with Gasteiger partial charge in [-0.15, -0.1) is 10.2 Å². The number of guanidine groups is 1. The minimum Gasteiger partial charge on any atom is -0.443 e. The van der Waals surface area contributed by atoms with Crippen LogP contribution in [0, 0.1) is 6.92 Å². The zero-order valence-electron chi connectivity index (χ0n) is 18.7. The molecule has 0 aromatic carbocycles. The van der Waals surface area contributed by atoms with E-state index < -0.39 is 0 Å². The Morgan fingerprint density at radius 2 is 1.97 bits per heavy atom. The van der Waals surface area contributed by atoms with E-state index >= 15 is 0 Å². The van der Waals surface area contributed by atoms with Crippen LogP contribution >= 0.6 is 0 Å². The molecule has 3 rings (SSSR count). The molecule has 1 aliphatic rings. The van der Waals surface area contributed by atoms with Crippen molar-refractivity contribution in [1.82, 2.24) is 35.3 Å². The number of aliphatic imine (C=N–C) groups is 1. The third kappa shape index (κ3) is 6.27. The summed E-state index contributed by atoms with van der Waals surface area (Å²) >= 11 is 0. The van der Waals surface area contributed by atoms with Crippen LogP contribution in [0.3, 0.4) is 0 Å². The highest BCUT2D eigenvalue weighted by Gasteiger charge is 2.19. The Balaban J connectivity index is 1.59. The number of morpholine rings is 1. The second-order valence-corrected chi connectivity index (χ2v) is 8.49. The van der Waals surface area contributed by atoms with Gasteiger partial charge < -0.3 is 24.4 Å². The summed E-state index contributed by atoms with van der Waals surface area (Å²) in [6, 6.07) is 0. The standard InChI is InChI=1S/C20H34N8O2/c1-15-25-26-17(27(15)5)13-23-19(21-6-7-28-8-10-29-11-9-28)24-14-18-22-12-16(30-18)20(2,3)4/h12H,6-11,13-14H2,1-5H3,(H2,21,23,24). The zero-order valence-corrected chi connectivity index (χ0v) is 18.7. The van der Waals surface area contributed by atoms with Crippen LogP contribution in [0.2, 0.25) is 0 Å². The third-order valence-electron chi connectivity index (χ3n) is 5.09. The maximum atomic E-state index is 5.88. The van der Waals surface area contributed by atoms with Crippen LogP contribution in [0.1, 0.15) is 44.1 Å². The molecule has 0 saturated carbocycles. The Kier molecular flexibility index (Phi) is 7.43. The van der Waals surface area contributed by atoms with Gasteiger partial charge >= 0.3 is 0 Å². The largest absolute Gasteiger partial charge is 0.443 e. The van der Waals surface area contributed by atoms with Crippen molar-refractivity contribution in [3.8, 4) is 0 Å². The van der Waals surface area contributed by atoms with Crippen LogP contribution in [-0.2, 0) is 30.3 Å². The summed E-state index contributed by atoms with van der Waals surface area (Å²) in [7, 11) is 1.94. The van der Waals surface area contributed by atoms with Crippen molar-refractivity contribution in [3.05, 3.63) is 29.5 Å². The van der Waals surface area contributed by atoms with Gasteiger partial charge in [0.2, 0.25) is 5.89 Å². The third-order valence-corrected chi connectivity index (χ3v) is 5.09. The lowest BCUT2D eigenvalue weighted by atomic mass is 9.94. The number of aromatic nitrogens is 4. The minimum absolute atomic E-state index is 0.0678. The molecule has 2 aromatic rings. The Morgan fingerprint density at radius 3 is 2.60 bits per heavy atom. The van der Waals surface area contributed by atoms with Gasteiger partial charge in [0.1, 0.15) is 18.1 Å². The smallest absolute Gasteiger partial charge is 0.213 e. The fraction of sp³-hybridized carbons (Fsp3) is 0.700. The Hall–Kier alpha value is -2.46. The molecule has 0 bridgehead atoms. The van der Waals surface area contributed by atoms with Crippen LogP contribution in [-0.4, -0.2) is 70.0 Å². The maximum absolute atomic E-state index is 5.88. The summed E-state index contributed by atoms with van der Waals surface area (Å²) in [5.41, 5.74) is -0.0678. The number of nitrogens with zero attached hydrogens (tertiary/aromatic N) is 6. The molecule has 3 heterocycles. The maximum Gasteiger partial charge on any atom is 0.213 e. The van der Waals surface area contributed by atoms with Crippen LogP contribution in [0.25, 0.3) is 0 Å². The molecule has 1 fully saturated rings. The minimum atomic E-state index is -0.0678. The van der Waals surface area contributed by atoms with Crippen LogP contribution in [0.4, 0.5) is 0 Å². The molecule has 0 radical (unpaired) electrons. The number of hydrogen-bond acceptors (Lipinski definition) is 7. The molecule has 0 amide bonds. The lowest BCUT2D eigenvalue weighted by molar-refractivity contribution is 0.0389. The molecule has 0 spiro atoms. The zero-order chi connectivity index (χ0) is 21.6. The molecule has 30 heavy (non-hydrogen) atoms. The van der Waals surface area contributed by atoms with E-state index in [0.29, 0.717) is 24.9 Å². The molecule has 10 heteroatoms. The molecule has 0 atom stereocenters. The summed E-state index contributed by atoms with van der Waals surface area (Å²) in [5, 5.41) is 15.0. The summed E-state index contributed by atoms with van der Waals surface area (Å²) in [5.74, 6) is 3.88. The van der Waals surface area contributed by atoms with Crippen LogP contribution in [0.15, 0.2) is 15.6 Å². The van der Waals surface area contributed by atoms with Gasteiger partial charge in [-0.05, 0) is 6.92 Å². The number of aryl methyl sites for hydroxylation is 1. The van der Waals surface area contributed by atoms with E-state index in [9.17, 15) is 0 Å². The number of rotatable bonds is 7. The normalized spacial score (nSPS) is 16.1. The van der Waals surface area contributed by atoms with E-state index in [-0.39, 0.29) is 5.41 Å². The topological polar surface area (TPSA) is 106 Å². The number of ether oxygens (including phenoxy) is 1. The van der Waals surface area contributed by atoms with Gasteiger partial charge in [0.25, 0.3) is 0 Å². The number of hydrogen-bond donors (Lipinski definition) is 2. The second kappa shape index (κ2) is 10.0. The lowest BCUT2D eigenvalue weighted by Gasteiger charge is -2.26. The van der Waals surface area contributed by atoms with Gasteiger partial charge in [0, 0.05) is 38.6 Å². The molecule has 1 aliphatic heterocycles. The molecule has 0 unspecified atom stereocenters. The van der Waals surface area contributed by atoms with Crippen molar-refractivity contribution in [2.45, 2.75) is 46.2 Å². The molecule has 1 saturated heterocycles. The van der Waals surface area contributed by atoms with Crippen molar-refractivity contribution in [1.29, 1.82) is 0 Å². The lowest BCUT2D eigenvalue weighted by Crippen LogP contribution is -2.44. The first kappa shape index (κ1) is 22.2. The average molecular weight is 419 g/mol. The van der Waals surface area contributed by atoms with Crippen molar-refractivity contribution in [2.24, 2.45) is 12.0 Å². The number of nitrogens with one attached hydrogen (secondary N) is 2. The molecular weight excluding hydrogens is 384 g/mol. The highest BCUT2D eigenvalue weighted by Crippen LogP contribution is 2.22. The fourth-order valence-corrected chi connectivity index (χ4v) is 2.97. The summed E-state index contributed by atoms with van der Waals surface area (Å²) in [6.45, 7) is 14.4. The van der Waals surface area contributed by atoms with E-state index in [1.807, 2.05) is 18.5 Å². The quantitative estimate of drug-likeness (QED) is 0.506. The van der Waals surface area contributed by atoms with Crippen molar-refractivity contribution in [3.63, 3.8) is 0 Å². The molecular formula is C20H34N8O2. The first-order valence-corrected chi connectivity index (χ1v) is 10.5. The predicted octanol–water partition coefficient (Wildman–Crippen LogP) is 0.977. The van der Waals surface area contributed by atoms with Gasteiger partial charge in [0.05, 0.1) is 26.0 Å². The van der Waals surface area contributed by atoms with Gasteiger partial charge in [-0.25, -0.2) is 9.98 Å². The van der Waals surface area contributed by atoms with Gasteiger partial charge in [-0.1, -0.05) is 20.8 Å². The van der Waals surface area contributed by atoms with Gasteiger partial charge in [0.15, 0.2) is 11.8 Å². The van der Waals surface area contributed by atoms with Crippen molar-refractivity contribution < 1.29 is 9.15 Å². The van der Waals surface area contributed by atoms with Crippen molar-refractivity contribution >= 4 is 5.96 Å². The monoisotopic (exact) mass is 418 g/mol. The van der Waals surface area contributed by atoms with Crippen molar-refractivity contribution in [2.75, 3.05) is 39.4 Å². The predicted molar refractivity (Wildman–Crippen MR) is 114 cm³/mol. The molecule has 2 N–H and O–H groups in total. The summed E-state index contributed by atoms with van der Waals surface area (Å²) in [6.07, 6.45) is 1.79. The highest BCUT2D eigenvalue weighted by molar-refractivity contribution is 5.79. The van der Waals surface area contributed by atoms with E-state index in [2.05, 4.69) is 56.5 Å². The van der Waals surface area contributed by atoms with E-state index in [1.165, 1.54) is 0 Å².